The lowest BCUT2D eigenvalue weighted by molar-refractivity contribution is 0.331. The molecule has 2 nitrogen and oxygen atoms in total. The van der Waals surface area contributed by atoms with Gasteiger partial charge in [0, 0.05) is 10.0 Å². The second-order valence-corrected chi connectivity index (χ2v) is 4.31. The van der Waals surface area contributed by atoms with Gasteiger partial charge in [-0.3, -0.25) is 0 Å². The Morgan fingerprint density at radius 2 is 2.23 bits per heavy atom. The Balaban J connectivity index is 2.70. The molecule has 1 aromatic rings. The van der Waals surface area contributed by atoms with E-state index in [2.05, 4.69) is 28.9 Å². The first kappa shape index (κ1) is 9.03. The highest BCUT2D eigenvalue weighted by Gasteiger charge is 2.25. The van der Waals surface area contributed by atoms with Gasteiger partial charge in [-0.15, -0.1) is 0 Å². The molecule has 13 heavy (non-hydrogen) atoms. The molecule has 0 bridgehead atoms. The van der Waals surface area contributed by atoms with Gasteiger partial charge in [0.05, 0.1) is 6.04 Å². The fourth-order valence-electron chi connectivity index (χ4n) is 1.77. The molecule has 0 saturated heterocycles. The summed E-state index contributed by atoms with van der Waals surface area (Å²) in [5, 5.41) is 0. The van der Waals surface area contributed by atoms with Crippen molar-refractivity contribution in [3.8, 4) is 5.75 Å². The summed E-state index contributed by atoms with van der Waals surface area (Å²) in [6, 6.07) is 2.11. The fourth-order valence-corrected chi connectivity index (χ4v) is 2.33. The van der Waals surface area contributed by atoms with Gasteiger partial charge in [-0.2, -0.15) is 0 Å². The van der Waals surface area contributed by atoms with Crippen molar-refractivity contribution >= 4 is 15.9 Å². The average Bonchev–Trinajstić information content (AvgIpc) is 2.44. The Labute approximate surface area is 86.2 Å². The van der Waals surface area contributed by atoms with E-state index in [1.54, 1.807) is 0 Å². The second-order valence-electron chi connectivity index (χ2n) is 3.46. The number of rotatable bonds is 0. The molecule has 0 fully saturated rings. The van der Waals surface area contributed by atoms with Crippen molar-refractivity contribution in [3.05, 3.63) is 27.2 Å². The summed E-state index contributed by atoms with van der Waals surface area (Å²) in [7, 11) is 0. The van der Waals surface area contributed by atoms with Gasteiger partial charge in [-0.05, 0) is 31.0 Å². The fraction of sp³-hybridized carbons (Fsp3) is 0.400. The van der Waals surface area contributed by atoms with Gasteiger partial charge in [0.15, 0.2) is 0 Å². The van der Waals surface area contributed by atoms with E-state index in [1.807, 2.05) is 6.92 Å². The first-order chi connectivity index (χ1) is 6.11. The number of hydrogen-bond donors (Lipinski definition) is 1. The molecule has 1 aliphatic heterocycles. The monoisotopic (exact) mass is 241 g/mol. The molecule has 0 saturated carbocycles. The standard InChI is InChI=1S/C10H12BrNO/c1-5-3-7(11)6(2)9-8(12)4-13-10(5)9/h3,8H,4,12H2,1-2H3/t8-/m0/s1. The minimum atomic E-state index is 0.0335. The zero-order valence-electron chi connectivity index (χ0n) is 7.73. The summed E-state index contributed by atoms with van der Waals surface area (Å²) in [6.07, 6.45) is 0. The van der Waals surface area contributed by atoms with Crippen LogP contribution in [0.25, 0.3) is 0 Å². The maximum atomic E-state index is 5.94. The molecule has 70 valence electrons. The molecule has 1 aromatic carbocycles. The van der Waals surface area contributed by atoms with E-state index in [9.17, 15) is 0 Å². The van der Waals surface area contributed by atoms with Crippen molar-refractivity contribution in [3.63, 3.8) is 0 Å². The third-order valence-electron chi connectivity index (χ3n) is 2.49. The van der Waals surface area contributed by atoms with E-state index in [1.165, 1.54) is 5.56 Å². The predicted molar refractivity (Wildman–Crippen MR) is 56.0 cm³/mol. The molecular weight excluding hydrogens is 230 g/mol. The maximum Gasteiger partial charge on any atom is 0.127 e. The Hall–Kier alpha value is -0.540. The van der Waals surface area contributed by atoms with Gasteiger partial charge in [0.1, 0.15) is 12.4 Å². The third-order valence-corrected chi connectivity index (χ3v) is 3.31. The van der Waals surface area contributed by atoms with Crippen molar-refractivity contribution in [2.24, 2.45) is 5.73 Å². The second kappa shape index (κ2) is 3.00. The summed E-state index contributed by atoms with van der Waals surface area (Å²) < 4.78 is 6.65. The summed E-state index contributed by atoms with van der Waals surface area (Å²) >= 11 is 3.52. The number of fused-ring (bicyclic) bond motifs is 1. The molecule has 1 heterocycles. The number of halogens is 1. The van der Waals surface area contributed by atoms with Crippen LogP contribution in [0.1, 0.15) is 22.7 Å². The molecule has 2 rings (SSSR count). The van der Waals surface area contributed by atoms with E-state index in [4.69, 9.17) is 10.5 Å². The van der Waals surface area contributed by atoms with Crippen LogP contribution in [0.4, 0.5) is 0 Å². The summed E-state index contributed by atoms with van der Waals surface area (Å²) in [5.74, 6) is 0.980. The van der Waals surface area contributed by atoms with Crippen molar-refractivity contribution in [1.29, 1.82) is 0 Å². The maximum absolute atomic E-state index is 5.94. The van der Waals surface area contributed by atoms with Crippen molar-refractivity contribution in [2.75, 3.05) is 6.61 Å². The Kier molecular flexibility index (Phi) is 2.08. The van der Waals surface area contributed by atoms with Crippen molar-refractivity contribution < 1.29 is 4.74 Å². The molecule has 0 spiro atoms. The van der Waals surface area contributed by atoms with E-state index in [-0.39, 0.29) is 6.04 Å². The lowest BCUT2D eigenvalue weighted by atomic mass is 10.0. The van der Waals surface area contributed by atoms with Gasteiger partial charge in [-0.25, -0.2) is 0 Å². The average molecular weight is 242 g/mol. The largest absolute Gasteiger partial charge is 0.491 e. The van der Waals surface area contributed by atoms with E-state index in [0.717, 1.165) is 21.3 Å². The van der Waals surface area contributed by atoms with E-state index < -0.39 is 0 Å². The molecule has 1 aliphatic rings. The Morgan fingerprint density at radius 3 is 2.92 bits per heavy atom. The van der Waals surface area contributed by atoms with Crippen LogP contribution in [0.2, 0.25) is 0 Å². The number of hydrogen-bond acceptors (Lipinski definition) is 2. The Morgan fingerprint density at radius 1 is 1.54 bits per heavy atom. The van der Waals surface area contributed by atoms with Crippen LogP contribution in [0.15, 0.2) is 10.5 Å². The van der Waals surface area contributed by atoms with Crippen LogP contribution in [-0.2, 0) is 0 Å². The smallest absolute Gasteiger partial charge is 0.127 e. The zero-order chi connectivity index (χ0) is 9.59. The van der Waals surface area contributed by atoms with Crippen LogP contribution in [0.3, 0.4) is 0 Å². The van der Waals surface area contributed by atoms with Gasteiger partial charge >= 0.3 is 0 Å². The molecule has 2 N–H and O–H groups in total. The topological polar surface area (TPSA) is 35.2 Å². The van der Waals surface area contributed by atoms with E-state index >= 15 is 0 Å². The third kappa shape index (κ3) is 1.27. The summed E-state index contributed by atoms with van der Waals surface area (Å²) in [4.78, 5) is 0. The molecular formula is C10H12BrNO. The van der Waals surface area contributed by atoms with Gasteiger partial charge in [0.25, 0.3) is 0 Å². The highest BCUT2D eigenvalue weighted by atomic mass is 79.9. The predicted octanol–water partition coefficient (Wildman–Crippen LogP) is 2.46. The van der Waals surface area contributed by atoms with Gasteiger partial charge in [-0.1, -0.05) is 15.9 Å². The highest BCUT2D eigenvalue weighted by Crippen LogP contribution is 2.39. The minimum Gasteiger partial charge on any atom is -0.491 e. The number of ether oxygens (including phenoxy) is 1. The van der Waals surface area contributed by atoms with E-state index in [0.29, 0.717) is 6.61 Å². The first-order valence-electron chi connectivity index (χ1n) is 4.29. The molecule has 3 heteroatoms. The van der Waals surface area contributed by atoms with Crippen LogP contribution in [0.5, 0.6) is 5.75 Å². The SMILES string of the molecule is Cc1cc(Br)c(C)c2c1OC[C@@H]2N. The van der Waals surface area contributed by atoms with Crippen molar-refractivity contribution in [2.45, 2.75) is 19.9 Å². The molecule has 0 aromatic heterocycles. The van der Waals surface area contributed by atoms with Crippen LogP contribution >= 0.6 is 15.9 Å². The summed E-state index contributed by atoms with van der Waals surface area (Å²) in [6.45, 7) is 4.71. The lowest BCUT2D eigenvalue weighted by Crippen LogP contribution is -2.11. The molecule has 0 unspecified atom stereocenters. The van der Waals surface area contributed by atoms with Crippen LogP contribution in [0, 0.1) is 13.8 Å². The molecule has 0 aliphatic carbocycles. The highest BCUT2D eigenvalue weighted by molar-refractivity contribution is 9.10. The number of nitrogens with two attached hydrogens (primary N) is 1. The molecule has 0 radical (unpaired) electrons. The minimum absolute atomic E-state index is 0.0335. The lowest BCUT2D eigenvalue weighted by Gasteiger charge is -2.09. The van der Waals surface area contributed by atoms with Crippen LogP contribution in [-0.4, -0.2) is 6.61 Å². The normalized spacial score (nSPS) is 19.8. The quantitative estimate of drug-likeness (QED) is 0.758. The van der Waals surface area contributed by atoms with Gasteiger partial charge < -0.3 is 10.5 Å². The van der Waals surface area contributed by atoms with Crippen LogP contribution < -0.4 is 10.5 Å². The first-order valence-corrected chi connectivity index (χ1v) is 5.08. The molecule has 0 amide bonds. The number of aryl methyl sites for hydroxylation is 1. The number of benzene rings is 1. The van der Waals surface area contributed by atoms with Crippen molar-refractivity contribution in [1.82, 2.24) is 0 Å². The summed E-state index contributed by atoms with van der Waals surface area (Å²) in [5.41, 5.74) is 9.45. The Bertz CT molecular complexity index is 362. The zero-order valence-corrected chi connectivity index (χ0v) is 9.31. The molecule has 1 atom stereocenters. The van der Waals surface area contributed by atoms with Gasteiger partial charge in [0.2, 0.25) is 0 Å².